The lowest BCUT2D eigenvalue weighted by Gasteiger charge is -2.09. The van der Waals surface area contributed by atoms with Gasteiger partial charge in [-0.1, -0.05) is 6.07 Å². The van der Waals surface area contributed by atoms with Crippen molar-refractivity contribution in [2.24, 2.45) is 0 Å². The zero-order valence-corrected chi connectivity index (χ0v) is 15.1. The van der Waals surface area contributed by atoms with Crippen molar-refractivity contribution in [3.8, 4) is 11.8 Å². The highest BCUT2D eigenvalue weighted by Gasteiger charge is 2.22. The first-order valence-corrected chi connectivity index (χ1v) is 9.09. The molecule has 1 aliphatic rings. The fourth-order valence-electron chi connectivity index (χ4n) is 2.88. The summed E-state index contributed by atoms with van der Waals surface area (Å²) >= 11 is 1.48. The van der Waals surface area contributed by atoms with Crippen molar-refractivity contribution in [3.63, 3.8) is 0 Å². The minimum absolute atomic E-state index is 0.224. The molecule has 1 aliphatic carbocycles. The van der Waals surface area contributed by atoms with Crippen LogP contribution in [0.25, 0.3) is 0 Å². The second-order valence-electron chi connectivity index (χ2n) is 5.87. The number of nitrogens with zero attached hydrogens (tertiary/aromatic N) is 1. The van der Waals surface area contributed by atoms with E-state index in [1.54, 1.807) is 24.3 Å². The van der Waals surface area contributed by atoms with E-state index in [1.165, 1.54) is 23.3 Å². The molecule has 1 N–H and O–H groups in total. The molecule has 1 aromatic carbocycles. The van der Waals surface area contributed by atoms with Gasteiger partial charge in [-0.2, -0.15) is 5.26 Å². The molecule has 26 heavy (non-hydrogen) atoms. The summed E-state index contributed by atoms with van der Waals surface area (Å²) in [5, 5.41) is 12.9. The molecule has 0 radical (unpaired) electrons. The van der Waals surface area contributed by atoms with Gasteiger partial charge in [0.05, 0.1) is 12.7 Å². The number of thiophene rings is 1. The lowest BCUT2D eigenvalue weighted by Crippen LogP contribution is -2.14. The van der Waals surface area contributed by atoms with Crippen molar-refractivity contribution in [3.05, 3.63) is 45.8 Å². The summed E-state index contributed by atoms with van der Waals surface area (Å²) in [5.41, 5.74) is 2.05. The lowest BCUT2D eigenvalue weighted by atomic mass is 9.96. The van der Waals surface area contributed by atoms with Crippen LogP contribution in [0.3, 0.4) is 0 Å². The molecule has 0 saturated carbocycles. The molecule has 2 aromatic rings. The predicted octanol–water partition coefficient (Wildman–Crippen LogP) is 3.30. The molecule has 0 saturated heterocycles. The van der Waals surface area contributed by atoms with Gasteiger partial charge in [-0.05, 0) is 49.4 Å². The Bertz CT molecular complexity index is 882. The highest BCUT2D eigenvalue weighted by Crippen LogP contribution is 2.37. The predicted molar refractivity (Wildman–Crippen MR) is 97.6 cm³/mol. The summed E-state index contributed by atoms with van der Waals surface area (Å²) in [5.74, 6) is -0.416. The van der Waals surface area contributed by atoms with Crippen LogP contribution < -0.4 is 10.1 Å². The van der Waals surface area contributed by atoms with Crippen LogP contribution in [-0.2, 0) is 22.4 Å². The molecule has 0 fully saturated rings. The molecule has 1 amide bonds. The van der Waals surface area contributed by atoms with E-state index in [4.69, 9.17) is 4.74 Å². The number of nitriles is 1. The number of fused-ring (bicyclic) bond motifs is 1. The Hall–Kier alpha value is -2.85. The molecule has 1 heterocycles. The van der Waals surface area contributed by atoms with Crippen LogP contribution in [0.4, 0.5) is 5.00 Å². The maximum atomic E-state index is 12.6. The molecule has 6 nitrogen and oxygen atoms in total. The maximum Gasteiger partial charge on any atom is 0.343 e. The molecule has 0 spiro atoms. The molecular formula is C19H18N2O4S. The Balaban J connectivity index is 1.75. The first-order valence-electron chi connectivity index (χ1n) is 8.28. The van der Waals surface area contributed by atoms with Crippen LogP contribution in [0.15, 0.2) is 24.3 Å². The second kappa shape index (κ2) is 8.02. The van der Waals surface area contributed by atoms with Crippen molar-refractivity contribution >= 4 is 28.2 Å². The Kier molecular flexibility index (Phi) is 5.54. The van der Waals surface area contributed by atoms with Crippen molar-refractivity contribution in [1.82, 2.24) is 0 Å². The topological polar surface area (TPSA) is 88.4 Å². The van der Waals surface area contributed by atoms with Crippen LogP contribution in [0, 0.1) is 11.3 Å². The Morgan fingerprint density at radius 1 is 1.31 bits per heavy atom. The lowest BCUT2D eigenvalue weighted by molar-refractivity contribution is -0.142. The molecule has 0 aliphatic heterocycles. The fraction of sp³-hybridized carbons (Fsp3) is 0.316. The standard InChI is InChI=1S/C19H18N2O4S/c1-24-17(22)11-25-13-6-4-5-12(9-13)18(23)21-19-15(10-20)14-7-2-3-8-16(14)26-19/h4-6,9H,2-3,7-8,11H2,1H3,(H,21,23). The van der Waals surface area contributed by atoms with Gasteiger partial charge >= 0.3 is 5.97 Å². The molecule has 0 unspecified atom stereocenters. The molecule has 134 valence electrons. The number of esters is 1. The van der Waals surface area contributed by atoms with Crippen molar-refractivity contribution in [2.45, 2.75) is 25.7 Å². The van der Waals surface area contributed by atoms with Crippen LogP contribution >= 0.6 is 11.3 Å². The normalized spacial score (nSPS) is 12.6. The summed E-state index contributed by atoms with van der Waals surface area (Å²) < 4.78 is 9.83. The number of ether oxygens (including phenoxy) is 2. The van der Waals surface area contributed by atoms with Crippen LogP contribution in [-0.4, -0.2) is 25.6 Å². The van der Waals surface area contributed by atoms with Gasteiger partial charge in [0.15, 0.2) is 6.61 Å². The van der Waals surface area contributed by atoms with E-state index >= 15 is 0 Å². The largest absolute Gasteiger partial charge is 0.482 e. The maximum absolute atomic E-state index is 12.6. The van der Waals surface area contributed by atoms with Gasteiger partial charge in [0.2, 0.25) is 0 Å². The number of carbonyl (C=O) groups is 2. The number of amides is 1. The SMILES string of the molecule is COC(=O)COc1cccc(C(=O)Nc2sc3c(c2C#N)CCCC3)c1. The van der Waals surface area contributed by atoms with E-state index in [9.17, 15) is 14.9 Å². The molecule has 3 rings (SSSR count). The number of methoxy groups -OCH3 is 1. The molecular weight excluding hydrogens is 352 g/mol. The highest BCUT2D eigenvalue weighted by molar-refractivity contribution is 7.16. The molecule has 7 heteroatoms. The monoisotopic (exact) mass is 370 g/mol. The second-order valence-corrected chi connectivity index (χ2v) is 6.98. The van der Waals surface area contributed by atoms with Gasteiger partial charge in [0.25, 0.3) is 5.91 Å². The summed E-state index contributed by atoms with van der Waals surface area (Å²) in [7, 11) is 1.28. The van der Waals surface area contributed by atoms with Gasteiger partial charge in [-0.15, -0.1) is 11.3 Å². The van der Waals surface area contributed by atoms with E-state index in [1.807, 2.05) is 0 Å². The van der Waals surface area contributed by atoms with E-state index in [-0.39, 0.29) is 12.5 Å². The van der Waals surface area contributed by atoms with Crippen molar-refractivity contribution in [1.29, 1.82) is 5.26 Å². The number of benzene rings is 1. The summed E-state index contributed by atoms with van der Waals surface area (Å²) in [4.78, 5) is 24.9. The smallest absolute Gasteiger partial charge is 0.343 e. The van der Waals surface area contributed by atoms with Crippen LogP contribution in [0.2, 0.25) is 0 Å². The number of rotatable bonds is 5. The fourth-order valence-corrected chi connectivity index (χ4v) is 4.11. The summed E-state index contributed by atoms with van der Waals surface area (Å²) in [6.07, 6.45) is 4.04. The Labute approximate surface area is 155 Å². The van der Waals surface area contributed by atoms with E-state index < -0.39 is 5.97 Å². The Morgan fingerprint density at radius 2 is 2.12 bits per heavy atom. The first kappa shape index (κ1) is 18.0. The molecule has 1 aromatic heterocycles. The van der Waals surface area contributed by atoms with E-state index in [0.717, 1.165) is 31.2 Å². The quantitative estimate of drug-likeness (QED) is 0.816. The number of anilines is 1. The van der Waals surface area contributed by atoms with Gasteiger partial charge in [0, 0.05) is 10.4 Å². The molecule has 0 atom stereocenters. The zero-order valence-electron chi connectivity index (χ0n) is 14.3. The number of hydrogen-bond acceptors (Lipinski definition) is 6. The van der Waals surface area contributed by atoms with Gasteiger partial charge in [-0.3, -0.25) is 4.79 Å². The first-order chi connectivity index (χ1) is 12.6. The summed E-state index contributed by atoms with van der Waals surface area (Å²) in [6, 6.07) is 8.77. The summed E-state index contributed by atoms with van der Waals surface area (Å²) in [6.45, 7) is -0.224. The van der Waals surface area contributed by atoms with Crippen molar-refractivity contribution < 1.29 is 19.1 Å². The van der Waals surface area contributed by atoms with Crippen molar-refractivity contribution in [2.75, 3.05) is 19.0 Å². The van der Waals surface area contributed by atoms with Crippen LogP contribution in [0.5, 0.6) is 5.75 Å². The third-order valence-corrected chi connectivity index (χ3v) is 5.40. The third kappa shape index (κ3) is 3.86. The van der Waals surface area contributed by atoms with Crippen LogP contribution in [0.1, 0.15) is 39.2 Å². The van der Waals surface area contributed by atoms with E-state index in [0.29, 0.717) is 21.9 Å². The average Bonchev–Trinajstić information content (AvgIpc) is 3.03. The molecule has 0 bridgehead atoms. The number of carbonyl (C=O) groups excluding carboxylic acids is 2. The highest BCUT2D eigenvalue weighted by atomic mass is 32.1. The number of nitrogens with one attached hydrogen (secondary N) is 1. The number of hydrogen-bond donors (Lipinski definition) is 1. The number of aryl methyl sites for hydroxylation is 1. The Morgan fingerprint density at radius 3 is 2.88 bits per heavy atom. The zero-order chi connectivity index (χ0) is 18.5. The average molecular weight is 370 g/mol. The van der Waals surface area contributed by atoms with Gasteiger partial charge < -0.3 is 14.8 Å². The minimum Gasteiger partial charge on any atom is -0.482 e. The third-order valence-electron chi connectivity index (χ3n) is 4.19. The van der Waals surface area contributed by atoms with Gasteiger partial charge in [-0.25, -0.2) is 4.79 Å². The minimum atomic E-state index is -0.498. The van der Waals surface area contributed by atoms with Gasteiger partial charge in [0.1, 0.15) is 16.8 Å². The van der Waals surface area contributed by atoms with E-state index in [2.05, 4.69) is 16.1 Å².